The van der Waals surface area contributed by atoms with Crippen molar-refractivity contribution in [2.75, 3.05) is 25.6 Å². The number of benzene rings is 2. The Bertz CT molecular complexity index is 1530. The van der Waals surface area contributed by atoms with Crippen LogP contribution in [0, 0.1) is 11.7 Å². The van der Waals surface area contributed by atoms with Crippen molar-refractivity contribution in [2.45, 2.75) is 55.9 Å². The lowest BCUT2D eigenvalue weighted by Crippen LogP contribution is -2.40. The molecular formula is C31H35ClFN3O7S. The quantitative estimate of drug-likeness (QED) is 0.156. The summed E-state index contributed by atoms with van der Waals surface area (Å²) in [5.74, 6) is -2.50. The Morgan fingerprint density at radius 3 is 2.64 bits per heavy atom. The van der Waals surface area contributed by atoms with E-state index in [-0.39, 0.29) is 58.5 Å². The van der Waals surface area contributed by atoms with E-state index in [4.69, 9.17) is 25.6 Å². The number of hydrogen-bond donors (Lipinski definition) is 2. The van der Waals surface area contributed by atoms with Crippen LogP contribution in [0.15, 0.2) is 42.6 Å². The Morgan fingerprint density at radius 2 is 1.91 bits per heavy atom. The maximum atomic E-state index is 15.3. The number of likely N-dealkylation sites (tertiary alicyclic amines) is 1. The van der Waals surface area contributed by atoms with Gasteiger partial charge >= 0.3 is 5.97 Å². The van der Waals surface area contributed by atoms with Crippen LogP contribution in [-0.2, 0) is 37.0 Å². The third kappa shape index (κ3) is 7.37. The number of nitrogens with zero attached hydrogens (tertiary/aromatic N) is 2. The monoisotopic (exact) mass is 647 g/mol. The summed E-state index contributed by atoms with van der Waals surface area (Å²) in [7, 11) is 3.24. The number of hydrogen-bond acceptors (Lipinski definition) is 7. The Labute approximate surface area is 263 Å². The molecule has 10 nitrogen and oxygen atoms in total. The number of carbonyl (C=O) groups is 3. The maximum absolute atomic E-state index is 15.3. The number of aryl methyl sites for hydroxylation is 1. The zero-order chi connectivity index (χ0) is 31.4. The highest BCUT2D eigenvalue weighted by Gasteiger charge is 2.37. The van der Waals surface area contributed by atoms with Crippen LogP contribution in [0.4, 0.5) is 10.1 Å². The van der Waals surface area contributed by atoms with Gasteiger partial charge in [0.1, 0.15) is 5.82 Å². The van der Waals surface area contributed by atoms with E-state index < -0.39 is 17.7 Å². The molecule has 2 aliphatic rings. The molecule has 2 N–H and O–H groups in total. The molecule has 0 unspecified atom stereocenters. The number of aromatic nitrogens is 1. The number of halogens is 2. The SMILES string of the molecule is COOS[C@H]1C[C@@H](CO[C@H]2CC[C@H](C(=O)O)CC2)N(C(=O)Cc2cc(Cl)c(NC(=O)c3cn(C)c4ccccc34)cc2F)C1. The van der Waals surface area contributed by atoms with Gasteiger partial charge in [-0.3, -0.25) is 14.4 Å². The second-order valence-electron chi connectivity index (χ2n) is 11.3. The fourth-order valence-corrected chi connectivity index (χ4v) is 6.97. The first-order chi connectivity index (χ1) is 21.1. The topological polar surface area (TPSA) is 119 Å². The summed E-state index contributed by atoms with van der Waals surface area (Å²) in [4.78, 5) is 44.2. The summed E-state index contributed by atoms with van der Waals surface area (Å²) in [6, 6.07) is 9.70. The van der Waals surface area contributed by atoms with Gasteiger partial charge in [0.05, 0.1) is 59.7 Å². The second kappa shape index (κ2) is 14.3. The zero-order valence-electron chi connectivity index (χ0n) is 24.5. The maximum Gasteiger partial charge on any atom is 0.306 e. The minimum Gasteiger partial charge on any atom is -0.481 e. The van der Waals surface area contributed by atoms with Crippen molar-refractivity contribution in [2.24, 2.45) is 13.0 Å². The van der Waals surface area contributed by atoms with Crippen molar-refractivity contribution in [3.05, 3.63) is 64.6 Å². The molecule has 236 valence electrons. The van der Waals surface area contributed by atoms with Gasteiger partial charge in [-0.15, -0.1) is 0 Å². The predicted octanol–water partition coefficient (Wildman–Crippen LogP) is 5.62. The van der Waals surface area contributed by atoms with Gasteiger partial charge in [-0.2, -0.15) is 4.33 Å². The van der Waals surface area contributed by atoms with E-state index in [0.717, 1.165) is 29.0 Å². The molecule has 13 heteroatoms. The number of aliphatic carboxylic acids is 1. The van der Waals surface area contributed by atoms with E-state index >= 15 is 4.39 Å². The largest absolute Gasteiger partial charge is 0.481 e. The Balaban J connectivity index is 1.24. The Morgan fingerprint density at radius 1 is 1.16 bits per heavy atom. The number of nitrogens with one attached hydrogen (secondary N) is 1. The average molecular weight is 648 g/mol. The molecular weight excluding hydrogens is 613 g/mol. The molecule has 2 fully saturated rings. The van der Waals surface area contributed by atoms with Crippen molar-refractivity contribution in [3.8, 4) is 0 Å². The van der Waals surface area contributed by atoms with E-state index in [0.29, 0.717) is 44.2 Å². The molecule has 0 spiro atoms. The molecule has 3 aromatic rings. The van der Waals surface area contributed by atoms with Crippen molar-refractivity contribution >= 4 is 58.0 Å². The van der Waals surface area contributed by atoms with Crippen LogP contribution in [0.2, 0.25) is 5.02 Å². The average Bonchev–Trinajstić information content (AvgIpc) is 3.58. The summed E-state index contributed by atoms with van der Waals surface area (Å²) in [6.07, 6.45) is 4.41. The lowest BCUT2D eigenvalue weighted by Gasteiger charge is -2.30. The highest BCUT2D eigenvalue weighted by Crippen LogP contribution is 2.33. The van der Waals surface area contributed by atoms with Crippen LogP contribution in [0.1, 0.15) is 48.0 Å². The Hall–Kier alpha value is -3.16. The fourth-order valence-electron chi connectivity index (χ4n) is 6.02. The minimum atomic E-state index is -0.776. The number of carboxylic acid groups (broad SMARTS) is 1. The normalized spacial score (nSPS) is 22.0. The number of rotatable bonds is 11. The first-order valence-electron chi connectivity index (χ1n) is 14.5. The van der Waals surface area contributed by atoms with Gasteiger partial charge < -0.3 is 24.6 Å². The molecule has 0 radical (unpaired) electrons. The first-order valence-corrected chi connectivity index (χ1v) is 15.7. The molecule has 2 atom stereocenters. The van der Waals surface area contributed by atoms with E-state index in [1.807, 2.05) is 35.9 Å². The third-order valence-electron chi connectivity index (χ3n) is 8.36. The molecule has 2 heterocycles. The van der Waals surface area contributed by atoms with Crippen LogP contribution in [-0.4, -0.2) is 70.0 Å². The standard InChI is InChI=1S/C31H35ClFN3O7S/c1-35-16-24(23-5-3-4-6-28(23)35)30(38)34-27-14-26(33)19(11-25(27)32)12-29(37)36-15-22(44-43-41-2)13-20(36)17-42-21-9-7-18(8-10-21)31(39)40/h3-6,11,14,16,18,20-22H,7-10,12-13,15,17H2,1-2H3,(H,34,38)(H,39,40)/t18-,20-,21-,22-/m0/s1. The lowest BCUT2D eigenvalue weighted by molar-refractivity contribution is -0.160. The predicted molar refractivity (Wildman–Crippen MR) is 165 cm³/mol. The lowest BCUT2D eigenvalue weighted by atomic mass is 9.87. The smallest absolute Gasteiger partial charge is 0.306 e. The number of carbonyl (C=O) groups excluding carboxylic acids is 2. The molecule has 0 bridgehead atoms. The van der Waals surface area contributed by atoms with Crippen molar-refractivity contribution in [3.63, 3.8) is 0 Å². The molecule has 1 aliphatic heterocycles. The van der Waals surface area contributed by atoms with Crippen LogP contribution in [0.5, 0.6) is 0 Å². The van der Waals surface area contributed by atoms with Crippen LogP contribution in [0.25, 0.3) is 10.9 Å². The molecule has 1 saturated heterocycles. The molecule has 2 amide bonds. The van der Waals surface area contributed by atoms with E-state index in [2.05, 4.69) is 5.32 Å². The third-order valence-corrected chi connectivity index (χ3v) is 9.50. The second-order valence-corrected chi connectivity index (χ2v) is 12.7. The van der Waals surface area contributed by atoms with Gasteiger partial charge in [0.15, 0.2) is 0 Å². The Kier molecular flexibility index (Phi) is 10.5. The van der Waals surface area contributed by atoms with Crippen LogP contribution < -0.4 is 5.32 Å². The summed E-state index contributed by atoms with van der Waals surface area (Å²) in [5.41, 5.74) is 1.53. The molecule has 1 saturated carbocycles. The van der Waals surface area contributed by atoms with E-state index in [1.165, 1.54) is 13.2 Å². The fraction of sp³-hybridized carbons (Fsp3) is 0.452. The zero-order valence-corrected chi connectivity index (χ0v) is 26.0. The van der Waals surface area contributed by atoms with Crippen LogP contribution >= 0.6 is 23.6 Å². The van der Waals surface area contributed by atoms with Crippen molar-refractivity contribution in [1.82, 2.24) is 9.47 Å². The number of carboxylic acids is 1. The number of amides is 2. The molecule has 2 aromatic carbocycles. The molecule has 44 heavy (non-hydrogen) atoms. The molecule has 5 rings (SSSR count). The number of ether oxygens (including phenoxy) is 1. The summed E-state index contributed by atoms with van der Waals surface area (Å²) >= 11 is 7.59. The highest BCUT2D eigenvalue weighted by molar-refractivity contribution is 7.95. The highest BCUT2D eigenvalue weighted by atomic mass is 35.5. The van der Waals surface area contributed by atoms with Gasteiger partial charge in [-0.1, -0.05) is 29.8 Å². The summed E-state index contributed by atoms with van der Waals surface area (Å²) < 4.78 is 28.3. The minimum absolute atomic E-state index is 0.0719. The van der Waals surface area contributed by atoms with Gasteiger partial charge in [0, 0.05) is 42.7 Å². The van der Waals surface area contributed by atoms with Gasteiger partial charge in [-0.05, 0) is 55.9 Å². The van der Waals surface area contributed by atoms with E-state index in [1.54, 1.807) is 11.1 Å². The van der Waals surface area contributed by atoms with Crippen molar-refractivity contribution < 1.29 is 37.8 Å². The van der Waals surface area contributed by atoms with Gasteiger partial charge in [0.2, 0.25) is 5.91 Å². The number of para-hydroxylation sites is 1. The molecule has 1 aromatic heterocycles. The van der Waals surface area contributed by atoms with E-state index in [9.17, 15) is 19.5 Å². The summed E-state index contributed by atoms with van der Waals surface area (Å²) in [6.45, 7) is 0.641. The van der Waals surface area contributed by atoms with Gasteiger partial charge in [0.25, 0.3) is 5.91 Å². The number of anilines is 1. The van der Waals surface area contributed by atoms with Crippen molar-refractivity contribution in [1.29, 1.82) is 0 Å². The van der Waals surface area contributed by atoms with Gasteiger partial charge in [-0.25, -0.2) is 9.28 Å². The molecule has 1 aliphatic carbocycles. The summed E-state index contributed by atoms with van der Waals surface area (Å²) in [5, 5.41) is 12.8. The first kappa shape index (κ1) is 32.2. The number of fused-ring (bicyclic) bond motifs is 1. The van der Waals surface area contributed by atoms with Crippen LogP contribution in [0.3, 0.4) is 0 Å².